The molecule has 4 aromatic rings. The van der Waals surface area contributed by atoms with E-state index < -0.39 is 71.4 Å². The summed E-state index contributed by atoms with van der Waals surface area (Å²) in [6.07, 6.45) is 1.01. The van der Waals surface area contributed by atoms with Crippen molar-refractivity contribution in [1.82, 2.24) is 20.4 Å². The molecule has 15 heteroatoms. The summed E-state index contributed by atoms with van der Waals surface area (Å²) in [7, 11) is 5.55. The number of nitrogens with zero attached hydrogens (tertiary/aromatic N) is 2. The van der Waals surface area contributed by atoms with Gasteiger partial charge in [0, 0.05) is 68.2 Å². The number of carbonyl (C=O) groups is 6. The summed E-state index contributed by atoms with van der Waals surface area (Å²) in [4.78, 5) is 78.7. The molecule has 4 amide bonds. The zero-order valence-electron chi connectivity index (χ0n) is 39.7. The first-order valence-electron chi connectivity index (χ1n) is 22.0. The minimum Gasteiger partial charge on any atom is -0.389 e. The van der Waals surface area contributed by atoms with Gasteiger partial charge in [-0.15, -0.1) is 0 Å². The number of aliphatic hydroxyl groups is 3. The Labute approximate surface area is 397 Å². The largest absolute Gasteiger partial charge is 0.389 e. The number of ketones is 2. The minimum atomic E-state index is -1.84. The summed E-state index contributed by atoms with van der Waals surface area (Å²) in [6, 6.07) is 27.7. The molecule has 0 bridgehead atoms. The van der Waals surface area contributed by atoms with E-state index in [1.807, 2.05) is 48.5 Å². The first-order chi connectivity index (χ1) is 32.3. The number of likely N-dealkylation sites (N-methyl/N-ethyl adjacent to an activating group) is 4. The van der Waals surface area contributed by atoms with Crippen molar-refractivity contribution >= 4 is 35.2 Å². The van der Waals surface area contributed by atoms with Crippen LogP contribution in [0.1, 0.15) is 113 Å². The van der Waals surface area contributed by atoms with Crippen LogP contribution in [0.15, 0.2) is 97.1 Å². The SMILES string of the molecule is CNC(=O)[C@@](C)(C(=O)CO)N(C)C(=O)c1ccc(C#Cc2ccc(C(C)O)cc2)cc1.CNC(=O)[C@@](C)(C(=O)COC1CCCCO1)N(C)C(=O)c1ccc(C#Cc2ccc(C(C)O)cc2)cc1. The van der Waals surface area contributed by atoms with Gasteiger partial charge in [-0.05, 0) is 131 Å². The van der Waals surface area contributed by atoms with Gasteiger partial charge in [0.05, 0.1) is 12.2 Å². The molecule has 5 atom stereocenters. The third-order valence-corrected chi connectivity index (χ3v) is 11.8. The highest BCUT2D eigenvalue weighted by Gasteiger charge is 2.47. The fraction of sp³-hybridized carbons (Fsp3) is 0.358. The van der Waals surface area contributed by atoms with Gasteiger partial charge in [0.1, 0.15) is 13.2 Å². The van der Waals surface area contributed by atoms with Crippen LogP contribution in [0, 0.1) is 23.7 Å². The fourth-order valence-corrected chi connectivity index (χ4v) is 6.89. The van der Waals surface area contributed by atoms with Crippen LogP contribution in [0.3, 0.4) is 0 Å². The van der Waals surface area contributed by atoms with Gasteiger partial charge in [-0.1, -0.05) is 47.9 Å². The number of ether oxygens (including phenoxy) is 2. The molecular weight excluding hydrogens is 869 g/mol. The van der Waals surface area contributed by atoms with Crippen molar-refractivity contribution in [3.05, 3.63) is 142 Å². The van der Waals surface area contributed by atoms with Crippen LogP contribution in [-0.2, 0) is 28.7 Å². The van der Waals surface area contributed by atoms with Crippen LogP contribution in [0.25, 0.3) is 0 Å². The summed E-state index contributed by atoms with van der Waals surface area (Å²) < 4.78 is 11.1. The van der Waals surface area contributed by atoms with Crippen LogP contribution in [0.5, 0.6) is 0 Å². The maximum atomic E-state index is 13.3. The summed E-state index contributed by atoms with van der Waals surface area (Å²) >= 11 is 0. The summed E-state index contributed by atoms with van der Waals surface area (Å²) in [6.45, 7) is 5.46. The molecule has 5 rings (SSSR count). The van der Waals surface area contributed by atoms with E-state index in [9.17, 15) is 44.1 Å². The molecular formula is C53H60N4O11. The molecule has 0 aromatic heterocycles. The highest BCUT2D eigenvalue weighted by atomic mass is 16.7. The number of nitrogens with one attached hydrogen (secondary N) is 2. The topological polar surface area (TPSA) is 212 Å². The Hall–Kier alpha value is -6.98. The number of aliphatic hydroxyl groups excluding tert-OH is 3. The molecule has 4 aromatic carbocycles. The molecule has 1 aliphatic heterocycles. The third-order valence-electron chi connectivity index (χ3n) is 11.8. The highest BCUT2D eigenvalue weighted by Crippen LogP contribution is 2.23. The summed E-state index contributed by atoms with van der Waals surface area (Å²) in [5.74, 6) is 8.47. The zero-order valence-corrected chi connectivity index (χ0v) is 39.7. The molecule has 5 N–H and O–H groups in total. The molecule has 0 radical (unpaired) electrons. The van der Waals surface area contributed by atoms with Gasteiger partial charge in [0.2, 0.25) is 0 Å². The van der Waals surface area contributed by atoms with Crippen molar-refractivity contribution in [3.8, 4) is 23.7 Å². The molecule has 0 saturated carbocycles. The maximum absolute atomic E-state index is 13.3. The Bertz CT molecular complexity index is 2510. The van der Waals surface area contributed by atoms with Gasteiger partial charge in [-0.25, -0.2) is 0 Å². The van der Waals surface area contributed by atoms with E-state index in [0.29, 0.717) is 29.7 Å². The van der Waals surface area contributed by atoms with E-state index in [0.717, 1.165) is 44.9 Å². The summed E-state index contributed by atoms with van der Waals surface area (Å²) in [5.41, 5.74) is 1.56. The molecule has 358 valence electrons. The highest BCUT2D eigenvalue weighted by molar-refractivity contribution is 6.15. The van der Waals surface area contributed by atoms with Gasteiger partial charge in [-0.3, -0.25) is 28.8 Å². The lowest BCUT2D eigenvalue weighted by atomic mass is 9.92. The zero-order chi connectivity index (χ0) is 50.2. The molecule has 0 spiro atoms. The standard InChI is InChI=1S/C29H34N2O6.C24H26N2O5/c1-20(32)23-14-10-21(11-15-23)8-9-22-12-16-24(17-13-22)27(34)31(4)29(2,28(35)30-3)25(33)19-37-26-7-5-6-18-36-26;1-16(28)19-11-7-17(8-12-19)5-6-18-9-13-20(14-10-18)22(30)26(4)24(2,21(29)15-27)23(31)25-3/h10-17,20,26,32H,5-7,18-19H2,1-4H3,(H,30,35);7-14,16,27-28H,15H2,1-4H3,(H,25,31)/t20?,26?,29-;16?,24-/m11/s1. The Morgan fingerprint density at radius 3 is 1.29 bits per heavy atom. The van der Waals surface area contributed by atoms with Gasteiger partial charge in [0.25, 0.3) is 23.6 Å². The molecule has 3 unspecified atom stereocenters. The van der Waals surface area contributed by atoms with Crippen molar-refractivity contribution < 1.29 is 53.6 Å². The van der Waals surface area contributed by atoms with Crippen molar-refractivity contribution in [2.45, 2.75) is 76.5 Å². The lowest BCUT2D eigenvalue weighted by molar-refractivity contribution is -0.174. The lowest BCUT2D eigenvalue weighted by Crippen LogP contribution is -2.62. The van der Waals surface area contributed by atoms with Gasteiger partial charge in [0.15, 0.2) is 28.9 Å². The van der Waals surface area contributed by atoms with Crippen molar-refractivity contribution in [3.63, 3.8) is 0 Å². The predicted octanol–water partition coefficient (Wildman–Crippen LogP) is 4.11. The number of benzene rings is 4. The lowest BCUT2D eigenvalue weighted by Gasteiger charge is -2.36. The van der Waals surface area contributed by atoms with E-state index in [1.54, 1.807) is 62.4 Å². The van der Waals surface area contributed by atoms with Crippen LogP contribution in [-0.4, -0.2) is 126 Å². The molecule has 68 heavy (non-hydrogen) atoms. The molecule has 1 saturated heterocycles. The number of hydrogen-bond donors (Lipinski definition) is 5. The van der Waals surface area contributed by atoms with E-state index in [1.165, 1.54) is 42.0 Å². The Kier molecular flexibility index (Phi) is 19.5. The number of rotatable bonds is 14. The van der Waals surface area contributed by atoms with Crippen LogP contribution >= 0.6 is 0 Å². The quantitative estimate of drug-likeness (QED) is 0.0898. The maximum Gasteiger partial charge on any atom is 0.254 e. The second-order valence-electron chi connectivity index (χ2n) is 16.4. The summed E-state index contributed by atoms with van der Waals surface area (Å²) in [5, 5.41) is 33.3. The van der Waals surface area contributed by atoms with E-state index in [4.69, 9.17) is 9.47 Å². The first kappa shape index (κ1) is 53.6. The van der Waals surface area contributed by atoms with Crippen molar-refractivity contribution in [1.29, 1.82) is 0 Å². The fourth-order valence-electron chi connectivity index (χ4n) is 6.89. The number of amides is 4. The van der Waals surface area contributed by atoms with Gasteiger partial charge >= 0.3 is 0 Å². The van der Waals surface area contributed by atoms with Gasteiger partial charge in [-0.2, -0.15) is 0 Å². The monoisotopic (exact) mass is 928 g/mol. The predicted molar refractivity (Wildman–Crippen MR) is 255 cm³/mol. The molecule has 1 heterocycles. The average Bonchev–Trinajstić information content (AvgIpc) is 3.37. The van der Waals surface area contributed by atoms with E-state index in [2.05, 4.69) is 34.3 Å². The van der Waals surface area contributed by atoms with Crippen LogP contribution in [0.2, 0.25) is 0 Å². The Morgan fingerprint density at radius 1 is 0.632 bits per heavy atom. The number of hydrogen-bond acceptors (Lipinski definition) is 11. The van der Waals surface area contributed by atoms with Crippen LogP contribution in [0.4, 0.5) is 0 Å². The normalized spacial score (nSPS) is 15.5. The second kappa shape index (κ2) is 24.7. The number of Topliss-reactive ketones (excluding diaryl/α,β-unsaturated/α-hetero) is 2. The molecule has 1 aliphatic rings. The molecule has 1 fully saturated rings. The second-order valence-corrected chi connectivity index (χ2v) is 16.4. The smallest absolute Gasteiger partial charge is 0.254 e. The van der Waals surface area contributed by atoms with Crippen molar-refractivity contribution in [2.24, 2.45) is 0 Å². The first-order valence-corrected chi connectivity index (χ1v) is 22.0. The Morgan fingerprint density at radius 2 is 0.985 bits per heavy atom. The average molecular weight is 929 g/mol. The van der Waals surface area contributed by atoms with Gasteiger partial charge < -0.3 is 45.2 Å². The van der Waals surface area contributed by atoms with E-state index in [-0.39, 0.29) is 12.2 Å². The number of carbonyl (C=O) groups excluding carboxylic acids is 6. The van der Waals surface area contributed by atoms with E-state index >= 15 is 0 Å². The molecule has 15 nitrogen and oxygen atoms in total. The third kappa shape index (κ3) is 13.3. The minimum absolute atomic E-state index is 0.273. The Balaban J connectivity index is 0.000000301. The molecule has 0 aliphatic carbocycles. The van der Waals surface area contributed by atoms with Crippen LogP contribution < -0.4 is 10.6 Å². The van der Waals surface area contributed by atoms with Crippen molar-refractivity contribution in [2.75, 3.05) is 48.0 Å².